The third-order valence-electron chi connectivity index (χ3n) is 4.73. The van der Waals surface area contributed by atoms with Crippen LogP contribution in [0.25, 0.3) is 11.1 Å². The van der Waals surface area contributed by atoms with Crippen LogP contribution in [-0.4, -0.2) is 60.7 Å². The van der Waals surface area contributed by atoms with Gasteiger partial charge in [0.25, 0.3) is 11.1 Å². The van der Waals surface area contributed by atoms with Gasteiger partial charge in [-0.2, -0.15) is 0 Å². The predicted octanol–water partition coefficient (Wildman–Crippen LogP) is 3.76. The minimum Gasteiger partial charge on any atom is -0.496 e. The van der Waals surface area contributed by atoms with Crippen molar-refractivity contribution in [1.29, 1.82) is 0 Å². The lowest BCUT2D eigenvalue weighted by Crippen LogP contribution is -2.37. The van der Waals surface area contributed by atoms with Crippen molar-refractivity contribution in [2.45, 2.75) is 13.0 Å². The Morgan fingerprint density at radius 1 is 1.33 bits per heavy atom. The van der Waals surface area contributed by atoms with Crippen LogP contribution in [0.2, 0.25) is 5.02 Å². The van der Waals surface area contributed by atoms with E-state index in [0.717, 1.165) is 11.3 Å². The molecule has 1 amide bonds. The second-order valence-electron chi connectivity index (χ2n) is 7.02. The van der Waals surface area contributed by atoms with Gasteiger partial charge in [-0.1, -0.05) is 16.7 Å². The summed E-state index contributed by atoms with van der Waals surface area (Å²) in [5.41, 5.74) is 1.06. The largest absolute Gasteiger partial charge is 0.496 e. The number of methoxy groups -OCH3 is 1. The number of pyridine rings is 1. The molecule has 1 aliphatic rings. The van der Waals surface area contributed by atoms with E-state index in [1.54, 1.807) is 13.0 Å². The van der Waals surface area contributed by atoms with Gasteiger partial charge in [0.2, 0.25) is 5.13 Å². The highest BCUT2D eigenvalue weighted by molar-refractivity contribution is 7.17. The average Bonchev–Trinajstić information content (AvgIpc) is 3.21. The minimum atomic E-state index is -0.696. The maximum absolute atomic E-state index is 14.9. The Bertz CT molecular complexity index is 1160. The van der Waals surface area contributed by atoms with Gasteiger partial charge in [0.05, 0.1) is 43.1 Å². The number of nitrogens with zero attached hydrogens (tertiary/aromatic N) is 3. The number of ether oxygens (including phenoxy) is 4. The minimum absolute atomic E-state index is 0.0683. The summed E-state index contributed by atoms with van der Waals surface area (Å²) in [5.74, 6) is -1.01. The molecule has 0 atom stereocenters. The third kappa shape index (κ3) is 5.38. The molecule has 3 aromatic rings. The molecular weight excluding hydrogens is 475 g/mol. The first kappa shape index (κ1) is 23.3. The van der Waals surface area contributed by atoms with E-state index in [1.165, 1.54) is 25.4 Å². The Kier molecular flexibility index (Phi) is 7.33. The zero-order chi connectivity index (χ0) is 23.4. The van der Waals surface area contributed by atoms with E-state index in [2.05, 4.69) is 20.5 Å². The molecule has 0 saturated carbocycles. The summed E-state index contributed by atoms with van der Waals surface area (Å²) in [6.07, 6.45) is 1.47. The van der Waals surface area contributed by atoms with Crippen LogP contribution in [0, 0.1) is 12.7 Å². The van der Waals surface area contributed by atoms with Gasteiger partial charge in [-0.05, 0) is 36.5 Å². The standard InChI is InChI=1S/C21H20ClFN4O5S/c1-11-7-13(17-16(29-2)4-3-15(22)18(17)23)14(8-24-11)19(28)25-20-26-27-21(33-20)32-6-5-31-12-9-30-10-12/h3-4,7-8,12H,5-6,9-10H2,1-2H3,(H,25,26,28). The molecule has 33 heavy (non-hydrogen) atoms. The highest BCUT2D eigenvalue weighted by atomic mass is 35.5. The van der Waals surface area contributed by atoms with Crippen LogP contribution < -0.4 is 14.8 Å². The number of hydrogen-bond acceptors (Lipinski definition) is 9. The van der Waals surface area contributed by atoms with E-state index in [-0.39, 0.29) is 43.9 Å². The summed E-state index contributed by atoms with van der Waals surface area (Å²) < 4.78 is 36.3. The van der Waals surface area contributed by atoms with Crippen LogP contribution in [0.5, 0.6) is 10.9 Å². The Morgan fingerprint density at radius 3 is 2.88 bits per heavy atom. The van der Waals surface area contributed by atoms with Crippen molar-refractivity contribution in [3.05, 3.63) is 46.5 Å². The highest BCUT2D eigenvalue weighted by Gasteiger charge is 2.23. The Balaban J connectivity index is 1.50. The lowest BCUT2D eigenvalue weighted by Gasteiger charge is -2.25. The van der Waals surface area contributed by atoms with Crippen LogP contribution in [-0.2, 0) is 9.47 Å². The van der Waals surface area contributed by atoms with Gasteiger partial charge < -0.3 is 18.9 Å². The van der Waals surface area contributed by atoms with Crippen molar-refractivity contribution in [2.75, 3.05) is 38.9 Å². The normalized spacial score (nSPS) is 13.5. The van der Waals surface area contributed by atoms with Gasteiger partial charge in [0.15, 0.2) is 5.82 Å². The molecular formula is C21H20ClFN4O5S. The molecule has 9 nitrogen and oxygen atoms in total. The van der Waals surface area contributed by atoms with Gasteiger partial charge in [0, 0.05) is 17.5 Å². The number of amides is 1. The van der Waals surface area contributed by atoms with Crippen LogP contribution >= 0.6 is 22.9 Å². The molecule has 0 bridgehead atoms. The van der Waals surface area contributed by atoms with E-state index < -0.39 is 11.7 Å². The smallest absolute Gasteiger partial charge is 0.295 e. The molecule has 4 rings (SSSR count). The number of anilines is 1. The molecule has 0 aliphatic carbocycles. The second kappa shape index (κ2) is 10.4. The molecule has 1 fully saturated rings. The van der Waals surface area contributed by atoms with E-state index in [0.29, 0.717) is 32.1 Å². The number of halogens is 2. The first-order valence-corrected chi connectivity index (χ1v) is 11.1. The zero-order valence-corrected chi connectivity index (χ0v) is 19.3. The van der Waals surface area contributed by atoms with Crippen molar-refractivity contribution >= 4 is 34.0 Å². The van der Waals surface area contributed by atoms with E-state index in [9.17, 15) is 9.18 Å². The third-order valence-corrected chi connectivity index (χ3v) is 5.77. The lowest BCUT2D eigenvalue weighted by atomic mass is 9.98. The van der Waals surface area contributed by atoms with Gasteiger partial charge >= 0.3 is 0 Å². The zero-order valence-electron chi connectivity index (χ0n) is 17.8. The van der Waals surface area contributed by atoms with Crippen LogP contribution in [0.15, 0.2) is 24.4 Å². The number of aromatic nitrogens is 3. The summed E-state index contributed by atoms with van der Waals surface area (Å²) in [4.78, 5) is 17.2. The van der Waals surface area contributed by atoms with Gasteiger partial charge in [-0.25, -0.2) is 4.39 Å². The lowest BCUT2D eigenvalue weighted by molar-refractivity contribution is -0.132. The van der Waals surface area contributed by atoms with Crippen molar-refractivity contribution < 1.29 is 28.1 Å². The summed E-state index contributed by atoms with van der Waals surface area (Å²) >= 11 is 7.04. The Morgan fingerprint density at radius 2 is 2.15 bits per heavy atom. The number of hydrogen-bond donors (Lipinski definition) is 1. The summed E-state index contributed by atoms with van der Waals surface area (Å²) in [5, 5.41) is 10.9. The Hall–Kier alpha value is -2.86. The molecule has 0 spiro atoms. The number of benzene rings is 1. The SMILES string of the molecule is COc1ccc(Cl)c(F)c1-c1cc(C)ncc1C(=O)Nc1nnc(OCCOC2COC2)s1. The van der Waals surface area contributed by atoms with E-state index in [1.807, 2.05) is 0 Å². The molecule has 0 unspecified atom stereocenters. The van der Waals surface area contributed by atoms with Crippen molar-refractivity contribution in [3.63, 3.8) is 0 Å². The van der Waals surface area contributed by atoms with Crippen LogP contribution in [0.1, 0.15) is 16.1 Å². The number of carbonyl (C=O) groups excluding carboxylic acids is 1. The fourth-order valence-corrected chi connectivity index (χ4v) is 3.81. The molecule has 0 radical (unpaired) electrons. The molecule has 2 aromatic heterocycles. The van der Waals surface area contributed by atoms with E-state index >= 15 is 0 Å². The first-order valence-electron chi connectivity index (χ1n) is 9.92. The maximum Gasteiger partial charge on any atom is 0.295 e. The van der Waals surface area contributed by atoms with Gasteiger partial charge in [-0.15, -0.1) is 5.10 Å². The van der Waals surface area contributed by atoms with Crippen LogP contribution in [0.3, 0.4) is 0 Å². The molecule has 1 saturated heterocycles. The number of aryl methyl sites for hydroxylation is 1. The molecule has 12 heteroatoms. The van der Waals surface area contributed by atoms with Gasteiger partial charge in [0.1, 0.15) is 18.5 Å². The molecule has 174 valence electrons. The summed E-state index contributed by atoms with van der Waals surface area (Å²) in [7, 11) is 1.41. The highest BCUT2D eigenvalue weighted by Crippen LogP contribution is 2.38. The summed E-state index contributed by atoms with van der Waals surface area (Å²) in [6, 6.07) is 4.52. The Labute approximate surface area is 197 Å². The van der Waals surface area contributed by atoms with Crippen LogP contribution in [0.4, 0.5) is 9.52 Å². The molecule has 1 N–H and O–H groups in total. The van der Waals surface area contributed by atoms with Crippen molar-refractivity contribution in [3.8, 4) is 22.1 Å². The molecule has 3 heterocycles. The predicted molar refractivity (Wildman–Crippen MR) is 120 cm³/mol. The number of carbonyl (C=O) groups is 1. The average molecular weight is 495 g/mol. The van der Waals surface area contributed by atoms with Gasteiger partial charge in [-0.3, -0.25) is 15.1 Å². The number of nitrogens with one attached hydrogen (secondary N) is 1. The van der Waals surface area contributed by atoms with E-state index in [4.69, 9.17) is 30.5 Å². The fourth-order valence-electron chi connectivity index (χ4n) is 3.04. The number of rotatable bonds is 9. The summed E-state index contributed by atoms with van der Waals surface area (Å²) in [6.45, 7) is 3.60. The van der Waals surface area contributed by atoms with Crippen molar-refractivity contribution in [1.82, 2.24) is 15.2 Å². The fraction of sp³-hybridized carbons (Fsp3) is 0.333. The first-order chi connectivity index (χ1) is 16.0. The maximum atomic E-state index is 14.9. The van der Waals surface area contributed by atoms with Crippen molar-refractivity contribution in [2.24, 2.45) is 0 Å². The molecule has 1 aromatic carbocycles. The molecule has 1 aliphatic heterocycles. The second-order valence-corrected chi connectivity index (χ2v) is 8.36. The quantitative estimate of drug-likeness (QED) is 0.448. The topological polar surface area (TPSA) is 105 Å². The monoisotopic (exact) mass is 494 g/mol.